The minimum absolute atomic E-state index is 0.855. The molecule has 108 valence electrons. The lowest BCUT2D eigenvalue weighted by atomic mass is 10.1. The van der Waals surface area contributed by atoms with Gasteiger partial charge in [0.05, 0.1) is 16.6 Å². The zero-order chi connectivity index (χ0) is 14.9. The van der Waals surface area contributed by atoms with E-state index in [1.165, 1.54) is 11.1 Å². The van der Waals surface area contributed by atoms with Crippen molar-refractivity contribution in [3.8, 4) is 11.4 Å². The maximum Gasteiger partial charge on any atom is 0.375 e. The highest BCUT2D eigenvalue weighted by Crippen LogP contribution is 2.59. The van der Waals surface area contributed by atoms with Crippen molar-refractivity contribution in [2.45, 2.75) is 6.54 Å². The van der Waals surface area contributed by atoms with Crippen LogP contribution in [0.15, 0.2) is 60.9 Å². The van der Waals surface area contributed by atoms with E-state index in [0.29, 0.717) is 0 Å². The van der Waals surface area contributed by atoms with E-state index in [-0.39, 0.29) is 0 Å². The van der Waals surface area contributed by atoms with Gasteiger partial charge >= 0.3 is 7.44 Å². The zero-order valence-corrected chi connectivity index (χ0v) is 13.1. The summed E-state index contributed by atoms with van der Waals surface area (Å²) >= 11 is 0. The van der Waals surface area contributed by atoms with Crippen LogP contribution < -0.4 is 14.5 Å². The molecule has 2 aromatic carbocycles. The zero-order valence-electron chi connectivity index (χ0n) is 12.2. The lowest BCUT2D eigenvalue weighted by molar-refractivity contribution is -0.670. The molecule has 0 N–H and O–H groups in total. The fraction of sp³-hybridized carbons (Fsp3) is 0.118. The van der Waals surface area contributed by atoms with Gasteiger partial charge in [0.15, 0.2) is 0 Å². The SMILES string of the molecule is CN1c2cccc3c2-c2n(cc[n+]2C3)P1(=O)c1ccccc1. The molecule has 1 atom stereocenters. The molecule has 2 aliphatic rings. The van der Waals surface area contributed by atoms with E-state index in [4.69, 9.17) is 0 Å². The van der Waals surface area contributed by atoms with Gasteiger partial charge in [-0.15, -0.1) is 0 Å². The molecule has 5 heteroatoms. The fourth-order valence-corrected chi connectivity index (χ4v) is 6.28. The maximum atomic E-state index is 14.1. The quantitative estimate of drug-likeness (QED) is 0.399. The Morgan fingerprint density at radius 1 is 1.09 bits per heavy atom. The van der Waals surface area contributed by atoms with Gasteiger partial charge in [-0.05, 0) is 18.2 Å². The van der Waals surface area contributed by atoms with Crippen molar-refractivity contribution in [1.82, 2.24) is 4.34 Å². The van der Waals surface area contributed by atoms with Crippen LogP contribution in [-0.2, 0) is 11.1 Å². The number of hydrogen-bond acceptors (Lipinski definition) is 1. The summed E-state index contributed by atoms with van der Waals surface area (Å²) in [5.74, 6) is 1.07. The standard InChI is InChI=1S/C17H15N3OP/c1-18-15-9-5-6-13-12-19-10-11-20(17(19)16(13)15)22(18,21)14-7-3-2-4-8-14/h2-11H,12H2,1H3/q+1. The van der Waals surface area contributed by atoms with E-state index in [2.05, 4.69) is 22.8 Å². The highest BCUT2D eigenvalue weighted by molar-refractivity contribution is 7.71. The van der Waals surface area contributed by atoms with E-state index < -0.39 is 7.44 Å². The molecule has 0 aliphatic carbocycles. The molecule has 1 unspecified atom stereocenters. The second-order valence-corrected chi connectivity index (χ2v) is 8.44. The summed E-state index contributed by atoms with van der Waals surface area (Å²) in [7, 11) is -0.956. The van der Waals surface area contributed by atoms with Gasteiger partial charge in [-0.1, -0.05) is 30.3 Å². The lowest BCUT2D eigenvalue weighted by Gasteiger charge is -2.32. The van der Waals surface area contributed by atoms with Crippen LogP contribution in [0.25, 0.3) is 11.4 Å². The van der Waals surface area contributed by atoms with Gasteiger partial charge in [-0.2, -0.15) is 4.34 Å². The molecule has 22 heavy (non-hydrogen) atoms. The third-order valence-electron chi connectivity index (χ3n) is 4.71. The second kappa shape index (κ2) is 3.90. The van der Waals surface area contributed by atoms with E-state index in [1.54, 1.807) is 0 Å². The summed E-state index contributed by atoms with van der Waals surface area (Å²) in [6.45, 7) is 0.855. The molecule has 4 nitrogen and oxygen atoms in total. The Balaban J connectivity index is 1.91. The van der Waals surface area contributed by atoms with Gasteiger partial charge in [0.1, 0.15) is 18.9 Å². The summed E-state index contributed by atoms with van der Waals surface area (Å²) in [5, 5.41) is 0.861. The van der Waals surface area contributed by atoms with Gasteiger partial charge in [-0.3, -0.25) is 4.67 Å². The molecule has 3 aromatic rings. The maximum absolute atomic E-state index is 14.1. The van der Waals surface area contributed by atoms with E-state index in [1.807, 2.05) is 58.8 Å². The fourth-order valence-electron chi connectivity index (χ4n) is 3.66. The van der Waals surface area contributed by atoms with Crippen molar-refractivity contribution < 1.29 is 9.13 Å². The molecule has 5 rings (SSSR count). The third-order valence-corrected chi connectivity index (χ3v) is 7.62. The Labute approximate surface area is 128 Å². The molecule has 0 spiro atoms. The summed E-state index contributed by atoms with van der Waals surface area (Å²) in [5.41, 5.74) is 3.58. The Hall–Kier alpha value is -2.32. The van der Waals surface area contributed by atoms with E-state index in [9.17, 15) is 4.57 Å². The van der Waals surface area contributed by atoms with Crippen LogP contribution in [0.3, 0.4) is 0 Å². The van der Waals surface area contributed by atoms with Crippen molar-refractivity contribution >= 4 is 18.4 Å². The molecule has 2 aliphatic heterocycles. The van der Waals surface area contributed by atoms with Gasteiger partial charge in [0, 0.05) is 12.6 Å². The highest BCUT2D eigenvalue weighted by Gasteiger charge is 2.49. The smallest absolute Gasteiger partial charge is 0.288 e. The molecule has 3 heterocycles. The van der Waals surface area contributed by atoms with Crippen molar-refractivity contribution in [3.05, 3.63) is 66.5 Å². The number of benzene rings is 2. The first-order chi connectivity index (χ1) is 10.7. The predicted octanol–water partition coefficient (Wildman–Crippen LogP) is 2.62. The monoisotopic (exact) mass is 308 g/mol. The first kappa shape index (κ1) is 12.2. The molecule has 0 fully saturated rings. The van der Waals surface area contributed by atoms with Crippen LogP contribution in [0.5, 0.6) is 0 Å². The predicted molar refractivity (Wildman–Crippen MR) is 86.6 cm³/mol. The summed E-state index contributed by atoms with van der Waals surface area (Å²) in [4.78, 5) is 0. The topological polar surface area (TPSA) is 29.1 Å². The minimum Gasteiger partial charge on any atom is -0.288 e. The summed E-state index contributed by atoms with van der Waals surface area (Å²) < 4.78 is 20.2. The Kier molecular flexibility index (Phi) is 2.17. The van der Waals surface area contributed by atoms with E-state index >= 15 is 0 Å². The number of hydrogen-bond donors (Lipinski definition) is 0. The normalized spacial score (nSPS) is 21.0. The minimum atomic E-state index is -2.90. The van der Waals surface area contributed by atoms with Gasteiger partial charge in [-0.25, -0.2) is 9.13 Å². The summed E-state index contributed by atoms with van der Waals surface area (Å²) in [6.07, 6.45) is 3.99. The molecule has 0 radical (unpaired) electrons. The first-order valence-electron chi connectivity index (χ1n) is 7.35. The van der Waals surface area contributed by atoms with Crippen LogP contribution >= 0.6 is 7.44 Å². The molecule has 0 saturated carbocycles. The number of nitrogens with zero attached hydrogens (tertiary/aromatic N) is 3. The Morgan fingerprint density at radius 3 is 2.73 bits per heavy atom. The number of rotatable bonds is 1. The van der Waals surface area contributed by atoms with Crippen molar-refractivity contribution in [2.24, 2.45) is 0 Å². The Morgan fingerprint density at radius 2 is 1.91 bits per heavy atom. The molecular formula is C17H15N3OP+. The van der Waals surface area contributed by atoms with Crippen molar-refractivity contribution in [2.75, 3.05) is 11.7 Å². The number of imidazole rings is 1. The Bertz CT molecular complexity index is 961. The van der Waals surface area contributed by atoms with Crippen LogP contribution in [0.2, 0.25) is 0 Å². The van der Waals surface area contributed by atoms with Gasteiger partial charge < -0.3 is 0 Å². The molecule has 1 aromatic heterocycles. The number of anilines is 1. The molecule has 0 bridgehead atoms. The van der Waals surface area contributed by atoms with Crippen LogP contribution in [-0.4, -0.2) is 11.4 Å². The molecule has 0 amide bonds. The van der Waals surface area contributed by atoms with E-state index in [0.717, 1.165) is 23.4 Å². The summed E-state index contributed by atoms with van der Waals surface area (Å²) in [6, 6.07) is 16.1. The highest BCUT2D eigenvalue weighted by atomic mass is 31.2. The second-order valence-electron chi connectivity index (χ2n) is 5.81. The average molecular weight is 308 g/mol. The molecular weight excluding hydrogens is 293 g/mol. The van der Waals surface area contributed by atoms with Crippen molar-refractivity contribution in [1.29, 1.82) is 0 Å². The first-order valence-corrected chi connectivity index (χ1v) is 8.96. The lowest BCUT2D eigenvalue weighted by Crippen LogP contribution is -2.34. The molecule has 0 saturated heterocycles. The van der Waals surface area contributed by atoms with Gasteiger partial charge in [0.2, 0.25) is 0 Å². The van der Waals surface area contributed by atoms with Crippen LogP contribution in [0.1, 0.15) is 5.56 Å². The van der Waals surface area contributed by atoms with Crippen LogP contribution in [0.4, 0.5) is 5.69 Å². The average Bonchev–Trinajstić information content (AvgIpc) is 3.12. The number of aromatic nitrogens is 2. The van der Waals surface area contributed by atoms with Gasteiger partial charge in [0.25, 0.3) is 5.82 Å². The largest absolute Gasteiger partial charge is 0.375 e. The van der Waals surface area contributed by atoms with Crippen molar-refractivity contribution in [3.63, 3.8) is 0 Å². The van der Waals surface area contributed by atoms with Crippen LogP contribution in [0, 0.1) is 0 Å². The third kappa shape index (κ3) is 1.25.